The third-order valence-electron chi connectivity index (χ3n) is 3.23. The second-order valence-corrected chi connectivity index (χ2v) is 5.93. The number of carboxylic acid groups (broad SMARTS) is 1. The van der Waals surface area contributed by atoms with Crippen molar-refractivity contribution < 1.29 is 19.2 Å². The van der Waals surface area contributed by atoms with Gasteiger partial charge in [-0.15, -0.1) is 0 Å². The Bertz CT molecular complexity index is 694. The van der Waals surface area contributed by atoms with E-state index in [1.165, 1.54) is 6.07 Å². The van der Waals surface area contributed by atoms with Crippen molar-refractivity contribution in [1.82, 2.24) is 10.1 Å². The second-order valence-electron chi connectivity index (χ2n) is 5.02. The van der Waals surface area contributed by atoms with Crippen molar-refractivity contribution in [3.63, 3.8) is 0 Å². The molecule has 0 radical (unpaired) electrons. The number of hydrogen-bond donors (Lipinski definition) is 1. The van der Waals surface area contributed by atoms with Crippen molar-refractivity contribution in [2.24, 2.45) is 0 Å². The molecule has 1 saturated carbocycles. The van der Waals surface area contributed by atoms with E-state index < -0.39 is 5.97 Å². The molecule has 1 N–H and O–H groups in total. The summed E-state index contributed by atoms with van der Waals surface area (Å²) in [7, 11) is 0. The normalized spacial score (nSPS) is 14.2. The Morgan fingerprint density at radius 3 is 2.95 bits per heavy atom. The van der Waals surface area contributed by atoms with Gasteiger partial charge in [0.2, 0.25) is 11.7 Å². The maximum absolute atomic E-state index is 11.3. The predicted octanol–water partition coefficient (Wildman–Crippen LogP) is 3.30. The van der Waals surface area contributed by atoms with Gasteiger partial charge in [-0.3, -0.25) is 0 Å². The maximum Gasteiger partial charge on any atom is 0.339 e. The average Bonchev–Trinajstić information content (AvgIpc) is 3.16. The number of rotatable bonds is 5. The minimum atomic E-state index is -1.04. The molecule has 21 heavy (non-hydrogen) atoms. The van der Waals surface area contributed by atoms with E-state index in [1.54, 1.807) is 13.0 Å². The van der Waals surface area contributed by atoms with Gasteiger partial charge in [0.05, 0.1) is 0 Å². The summed E-state index contributed by atoms with van der Waals surface area (Å²) in [5.74, 6) is 0.732. The zero-order valence-corrected chi connectivity index (χ0v) is 12.9. The fourth-order valence-corrected chi connectivity index (χ4v) is 2.61. The lowest BCUT2D eigenvalue weighted by Gasteiger charge is -2.11. The number of carbonyl (C=O) groups is 1. The van der Waals surface area contributed by atoms with Crippen LogP contribution in [0.2, 0.25) is 0 Å². The Kier molecular flexibility index (Phi) is 3.67. The molecule has 1 aliphatic rings. The molecule has 1 heterocycles. The van der Waals surface area contributed by atoms with Crippen LogP contribution in [-0.2, 0) is 6.61 Å². The molecule has 110 valence electrons. The van der Waals surface area contributed by atoms with Crippen LogP contribution in [0.1, 0.15) is 46.4 Å². The van der Waals surface area contributed by atoms with Crippen LogP contribution in [0.3, 0.4) is 0 Å². The van der Waals surface area contributed by atoms with Gasteiger partial charge in [0.1, 0.15) is 11.3 Å². The first-order chi connectivity index (χ1) is 10.0. The Hall–Kier alpha value is -1.89. The van der Waals surface area contributed by atoms with Crippen molar-refractivity contribution in [2.45, 2.75) is 32.3 Å². The minimum absolute atomic E-state index is 0.0823. The second kappa shape index (κ2) is 5.48. The predicted molar refractivity (Wildman–Crippen MR) is 76.4 cm³/mol. The fraction of sp³-hybridized carbons (Fsp3) is 0.357. The topological polar surface area (TPSA) is 85.5 Å². The molecule has 0 atom stereocenters. The summed E-state index contributed by atoms with van der Waals surface area (Å²) in [4.78, 5) is 15.5. The first-order valence-corrected chi connectivity index (χ1v) is 7.32. The Morgan fingerprint density at radius 1 is 1.52 bits per heavy atom. The number of benzene rings is 1. The number of ether oxygens (including phenoxy) is 1. The maximum atomic E-state index is 11.3. The van der Waals surface area contributed by atoms with E-state index >= 15 is 0 Å². The minimum Gasteiger partial charge on any atom is -0.484 e. The van der Waals surface area contributed by atoms with Crippen molar-refractivity contribution in [3.05, 3.63) is 39.4 Å². The summed E-state index contributed by atoms with van der Waals surface area (Å²) in [6.45, 7) is 1.87. The highest BCUT2D eigenvalue weighted by Crippen LogP contribution is 2.38. The molecule has 0 saturated heterocycles. The summed E-state index contributed by atoms with van der Waals surface area (Å²) in [5.41, 5.74) is 0.834. The van der Waals surface area contributed by atoms with Crippen LogP contribution >= 0.6 is 15.9 Å². The van der Waals surface area contributed by atoms with E-state index in [-0.39, 0.29) is 12.2 Å². The lowest BCUT2D eigenvalue weighted by molar-refractivity contribution is 0.0691. The molecule has 0 amide bonds. The van der Waals surface area contributed by atoms with E-state index in [2.05, 4.69) is 26.1 Å². The fourth-order valence-electron chi connectivity index (χ4n) is 2.04. The summed E-state index contributed by atoms with van der Waals surface area (Å²) >= 11 is 3.28. The molecule has 6 nitrogen and oxygen atoms in total. The summed E-state index contributed by atoms with van der Waals surface area (Å²) in [6.07, 6.45) is 2.16. The standard InChI is InChI=1S/C14H13BrN2O4/c1-7-4-9(15)5-10(14(18)19)12(7)20-6-11-16-13(21-17-11)8-2-3-8/h4-5,8H,2-3,6H2,1H3,(H,18,19). The van der Waals surface area contributed by atoms with Crippen LogP contribution in [0.25, 0.3) is 0 Å². The SMILES string of the molecule is Cc1cc(Br)cc(C(=O)O)c1OCc1noc(C2CC2)n1. The first kappa shape index (κ1) is 14.1. The number of aryl methyl sites for hydroxylation is 1. The molecule has 1 aromatic carbocycles. The van der Waals surface area contributed by atoms with Crippen molar-refractivity contribution in [2.75, 3.05) is 0 Å². The van der Waals surface area contributed by atoms with Gasteiger partial charge in [0.15, 0.2) is 6.61 Å². The lowest BCUT2D eigenvalue weighted by Crippen LogP contribution is -2.06. The zero-order valence-electron chi connectivity index (χ0n) is 11.3. The first-order valence-electron chi connectivity index (χ1n) is 6.53. The van der Waals surface area contributed by atoms with Gasteiger partial charge in [0, 0.05) is 10.4 Å². The summed E-state index contributed by atoms with van der Waals surface area (Å²) in [5, 5.41) is 13.1. The van der Waals surface area contributed by atoms with Crippen molar-refractivity contribution in [1.29, 1.82) is 0 Å². The number of aromatic carboxylic acids is 1. The van der Waals surface area contributed by atoms with Crippen LogP contribution in [0.5, 0.6) is 5.75 Å². The number of nitrogens with zero attached hydrogens (tertiary/aromatic N) is 2. The highest BCUT2D eigenvalue weighted by Gasteiger charge is 2.29. The molecular weight excluding hydrogens is 340 g/mol. The number of carboxylic acids is 1. The van der Waals surface area contributed by atoms with E-state index in [0.29, 0.717) is 27.9 Å². The number of aromatic nitrogens is 2. The van der Waals surface area contributed by atoms with Crippen molar-refractivity contribution in [3.8, 4) is 5.75 Å². The Labute approximate surface area is 129 Å². The average molecular weight is 353 g/mol. The molecule has 2 aromatic rings. The van der Waals surface area contributed by atoms with Gasteiger partial charge in [-0.25, -0.2) is 4.79 Å². The third kappa shape index (κ3) is 3.07. The summed E-state index contributed by atoms with van der Waals surface area (Å²) in [6, 6.07) is 3.31. The number of hydrogen-bond acceptors (Lipinski definition) is 5. The third-order valence-corrected chi connectivity index (χ3v) is 3.68. The summed E-state index contributed by atoms with van der Waals surface area (Å²) < 4.78 is 11.4. The molecule has 1 aliphatic carbocycles. The van der Waals surface area contributed by atoms with E-state index in [4.69, 9.17) is 9.26 Å². The smallest absolute Gasteiger partial charge is 0.339 e. The van der Waals surface area contributed by atoms with Gasteiger partial charge in [-0.1, -0.05) is 21.1 Å². The number of halogens is 1. The molecule has 0 spiro atoms. The quantitative estimate of drug-likeness (QED) is 0.888. The van der Waals surface area contributed by atoms with Gasteiger partial charge in [-0.2, -0.15) is 4.98 Å². The van der Waals surface area contributed by atoms with E-state index in [0.717, 1.165) is 18.4 Å². The van der Waals surface area contributed by atoms with E-state index in [9.17, 15) is 9.90 Å². The van der Waals surface area contributed by atoms with Crippen LogP contribution in [-0.4, -0.2) is 21.2 Å². The van der Waals surface area contributed by atoms with Crippen LogP contribution in [0.15, 0.2) is 21.1 Å². The lowest BCUT2D eigenvalue weighted by atomic mass is 10.1. The van der Waals surface area contributed by atoms with Crippen LogP contribution < -0.4 is 4.74 Å². The molecule has 0 bridgehead atoms. The molecule has 0 unspecified atom stereocenters. The monoisotopic (exact) mass is 352 g/mol. The van der Waals surface area contributed by atoms with E-state index in [1.807, 2.05) is 0 Å². The van der Waals surface area contributed by atoms with Gasteiger partial charge >= 0.3 is 5.97 Å². The molecule has 7 heteroatoms. The highest BCUT2D eigenvalue weighted by molar-refractivity contribution is 9.10. The van der Waals surface area contributed by atoms with Gasteiger partial charge in [0.25, 0.3) is 0 Å². The molecular formula is C14H13BrN2O4. The van der Waals surface area contributed by atoms with Crippen LogP contribution in [0.4, 0.5) is 0 Å². The van der Waals surface area contributed by atoms with Gasteiger partial charge < -0.3 is 14.4 Å². The molecule has 1 fully saturated rings. The molecule has 3 rings (SSSR count). The molecule has 1 aromatic heterocycles. The highest BCUT2D eigenvalue weighted by atomic mass is 79.9. The molecule has 0 aliphatic heterocycles. The zero-order chi connectivity index (χ0) is 15.0. The largest absolute Gasteiger partial charge is 0.484 e. The van der Waals surface area contributed by atoms with Crippen LogP contribution in [0, 0.1) is 6.92 Å². The Balaban J connectivity index is 1.78. The van der Waals surface area contributed by atoms with Crippen molar-refractivity contribution >= 4 is 21.9 Å². The van der Waals surface area contributed by atoms with Gasteiger partial charge in [-0.05, 0) is 37.5 Å². The Morgan fingerprint density at radius 2 is 2.29 bits per heavy atom.